The largest absolute Gasteiger partial charge is 0.462 e. The number of hydrogen-bond acceptors (Lipinski definition) is 4. The van der Waals surface area contributed by atoms with Gasteiger partial charge in [-0.2, -0.15) is 0 Å². The topological polar surface area (TPSA) is 58.6 Å². The maximum atomic E-state index is 11.4. The van der Waals surface area contributed by atoms with Gasteiger partial charge in [0.25, 0.3) is 0 Å². The number of fused-ring (bicyclic) bond motifs is 5. The summed E-state index contributed by atoms with van der Waals surface area (Å²) in [6.45, 7) is 10.4. The summed E-state index contributed by atoms with van der Waals surface area (Å²) in [5.74, 6) is 1.85. The highest BCUT2D eigenvalue weighted by Crippen LogP contribution is 2.65. The molecule has 0 saturated heterocycles. The van der Waals surface area contributed by atoms with Crippen LogP contribution in [-0.2, 0) is 9.53 Å². The number of ether oxygens (including phenoxy) is 1. The van der Waals surface area contributed by atoms with E-state index in [2.05, 4.69) is 38.1 Å². The fourth-order valence-electron chi connectivity index (χ4n) is 7.06. The van der Waals surface area contributed by atoms with Crippen molar-refractivity contribution in [2.24, 2.45) is 28.6 Å². The Morgan fingerprint density at radius 2 is 1.93 bits per heavy atom. The van der Waals surface area contributed by atoms with Crippen molar-refractivity contribution in [2.45, 2.75) is 71.8 Å². The van der Waals surface area contributed by atoms with Crippen molar-refractivity contribution >= 4 is 5.97 Å². The number of esters is 1. The Kier molecular flexibility index (Phi) is 4.53. The second-order valence-electron chi connectivity index (χ2n) is 9.63. The van der Waals surface area contributed by atoms with Crippen molar-refractivity contribution in [1.29, 1.82) is 0 Å². The molecule has 4 nitrogen and oxygen atoms in total. The van der Waals surface area contributed by atoms with E-state index in [9.17, 15) is 10.0 Å². The summed E-state index contributed by atoms with van der Waals surface area (Å²) in [5, 5.41) is 9.38. The minimum absolute atomic E-state index is 0.0610. The molecule has 4 aliphatic rings. The van der Waals surface area contributed by atoms with Gasteiger partial charge in [0.15, 0.2) is 0 Å². The lowest BCUT2D eigenvalue weighted by atomic mass is 9.47. The minimum Gasteiger partial charge on any atom is -0.462 e. The third kappa shape index (κ3) is 2.79. The zero-order valence-electron chi connectivity index (χ0n) is 16.9. The molecule has 6 atom stereocenters. The highest BCUT2D eigenvalue weighted by Gasteiger charge is 2.57. The molecule has 0 aromatic rings. The summed E-state index contributed by atoms with van der Waals surface area (Å²) >= 11 is 0. The maximum absolute atomic E-state index is 11.4. The first-order chi connectivity index (χ1) is 12.8. The summed E-state index contributed by atoms with van der Waals surface area (Å²) in [6.07, 6.45) is 12.4. The monoisotopic (exact) mass is 371 g/mol. The number of carbonyl (C=O) groups excluding carboxylic acids is 1. The molecule has 148 valence electrons. The smallest absolute Gasteiger partial charge is 0.302 e. The molecular weight excluding hydrogens is 338 g/mol. The summed E-state index contributed by atoms with van der Waals surface area (Å²) in [5.41, 5.74) is 6.06. The van der Waals surface area contributed by atoms with Gasteiger partial charge in [-0.05, 0) is 72.7 Å². The minimum atomic E-state index is -0.159. The predicted octanol–water partition coefficient (Wildman–Crippen LogP) is 4.91. The molecule has 4 rings (SSSR count). The van der Waals surface area contributed by atoms with Crippen LogP contribution in [0.2, 0.25) is 0 Å². The van der Waals surface area contributed by atoms with Crippen LogP contribution in [0, 0.1) is 28.6 Å². The summed E-state index contributed by atoms with van der Waals surface area (Å²) in [4.78, 5) is 11.4. The molecule has 27 heavy (non-hydrogen) atoms. The number of rotatable bonds is 3. The zero-order chi connectivity index (χ0) is 19.4. The van der Waals surface area contributed by atoms with Crippen molar-refractivity contribution in [1.82, 2.24) is 5.48 Å². The lowest BCUT2D eigenvalue weighted by Crippen LogP contribution is -2.50. The van der Waals surface area contributed by atoms with Crippen LogP contribution < -0.4 is 5.48 Å². The number of carbonyl (C=O) groups is 1. The second kappa shape index (κ2) is 6.51. The van der Waals surface area contributed by atoms with Crippen molar-refractivity contribution < 1.29 is 14.7 Å². The third-order valence-electron chi connectivity index (χ3n) is 8.43. The van der Waals surface area contributed by atoms with Crippen molar-refractivity contribution in [3.8, 4) is 0 Å². The van der Waals surface area contributed by atoms with Gasteiger partial charge in [-0.25, -0.2) is 0 Å². The number of hydrogen-bond donors (Lipinski definition) is 2. The molecule has 4 heteroatoms. The zero-order valence-corrected chi connectivity index (χ0v) is 16.9. The first-order valence-electron chi connectivity index (χ1n) is 10.5. The average Bonchev–Trinajstić information content (AvgIpc) is 2.98. The standard InChI is InChI=1S/C23H33NO3/c1-14(24-26)19-7-8-20-18-6-5-16-13-17(27-15(2)25)9-11-22(16,3)21(18)10-12-23(19,20)4/h5,7,17-18,20-21,24,26H,1,6,8-13H2,2-4H3/t17-,18-,20-,21-,22-,23+/m0/s1. The predicted molar refractivity (Wildman–Crippen MR) is 105 cm³/mol. The molecule has 2 fully saturated rings. The molecule has 0 bridgehead atoms. The van der Waals surface area contributed by atoms with E-state index in [0.29, 0.717) is 23.5 Å². The molecule has 4 aliphatic carbocycles. The van der Waals surface area contributed by atoms with Crippen LogP contribution in [0.3, 0.4) is 0 Å². The van der Waals surface area contributed by atoms with Crippen LogP contribution in [0.15, 0.2) is 35.6 Å². The van der Waals surface area contributed by atoms with Gasteiger partial charge in [0, 0.05) is 13.3 Å². The van der Waals surface area contributed by atoms with Crippen molar-refractivity contribution in [2.75, 3.05) is 0 Å². The summed E-state index contributed by atoms with van der Waals surface area (Å²) < 4.78 is 5.53. The fourth-order valence-corrected chi connectivity index (χ4v) is 7.06. The highest BCUT2D eigenvalue weighted by atomic mass is 16.5. The van der Waals surface area contributed by atoms with Gasteiger partial charge in [0.2, 0.25) is 0 Å². The molecule has 0 aromatic carbocycles. The van der Waals surface area contributed by atoms with Gasteiger partial charge in [-0.15, -0.1) is 0 Å². The van der Waals surface area contributed by atoms with E-state index in [1.807, 2.05) is 0 Å². The van der Waals surface area contributed by atoms with Gasteiger partial charge in [-0.1, -0.05) is 38.2 Å². The normalized spacial score (nSPS) is 42.8. The SMILES string of the molecule is C=C(NO)C1=CC[C@H]2[C@@H]3CC=C4C[C@@H](OC(C)=O)CC[C@]4(C)[C@H]3CC[C@]12C. The van der Waals surface area contributed by atoms with Crippen molar-refractivity contribution in [3.05, 3.63) is 35.6 Å². The second-order valence-corrected chi connectivity index (χ2v) is 9.63. The van der Waals surface area contributed by atoms with Crippen LogP contribution in [0.4, 0.5) is 0 Å². The first kappa shape index (κ1) is 18.8. The third-order valence-corrected chi connectivity index (χ3v) is 8.43. The van der Waals surface area contributed by atoms with Crippen LogP contribution in [0.5, 0.6) is 0 Å². The number of allylic oxidation sites excluding steroid dienone is 3. The Hall–Kier alpha value is -1.55. The molecule has 2 saturated carbocycles. The Morgan fingerprint density at radius 3 is 2.63 bits per heavy atom. The molecule has 2 N–H and O–H groups in total. The average molecular weight is 372 g/mol. The summed E-state index contributed by atoms with van der Waals surface area (Å²) in [6, 6.07) is 0. The molecule has 0 spiro atoms. The van der Waals surface area contributed by atoms with E-state index in [1.54, 1.807) is 0 Å². The van der Waals surface area contributed by atoms with E-state index in [4.69, 9.17) is 4.74 Å². The Morgan fingerprint density at radius 1 is 1.19 bits per heavy atom. The molecular formula is C23H33NO3. The van der Waals surface area contributed by atoms with Crippen molar-refractivity contribution in [3.63, 3.8) is 0 Å². The fraction of sp³-hybridized carbons (Fsp3) is 0.696. The van der Waals surface area contributed by atoms with E-state index < -0.39 is 0 Å². The quantitative estimate of drug-likeness (QED) is 0.420. The van der Waals surface area contributed by atoms with E-state index in [1.165, 1.54) is 24.5 Å². The lowest BCUT2D eigenvalue weighted by molar-refractivity contribution is -0.148. The molecule has 0 aliphatic heterocycles. The highest BCUT2D eigenvalue weighted by molar-refractivity contribution is 5.66. The van der Waals surface area contributed by atoms with Gasteiger partial charge in [0.05, 0.1) is 5.70 Å². The van der Waals surface area contributed by atoms with Crippen LogP contribution in [-0.4, -0.2) is 17.3 Å². The van der Waals surface area contributed by atoms with E-state index in [0.717, 1.165) is 38.5 Å². The Bertz CT molecular complexity index is 723. The Labute approximate surface area is 162 Å². The van der Waals surface area contributed by atoms with E-state index >= 15 is 0 Å². The first-order valence-corrected chi connectivity index (χ1v) is 10.5. The lowest BCUT2D eigenvalue weighted by Gasteiger charge is -2.57. The van der Waals surface area contributed by atoms with Crippen LogP contribution in [0.1, 0.15) is 65.7 Å². The van der Waals surface area contributed by atoms with Gasteiger partial charge in [-0.3, -0.25) is 15.5 Å². The number of hydroxylamine groups is 1. The maximum Gasteiger partial charge on any atom is 0.302 e. The molecule has 0 aromatic heterocycles. The van der Waals surface area contributed by atoms with E-state index in [-0.39, 0.29) is 22.9 Å². The van der Waals surface area contributed by atoms with Gasteiger partial charge < -0.3 is 4.74 Å². The molecule has 0 amide bonds. The summed E-state index contributed by atoms with van der Waals surface area (Å²) in [7, 11) is 0. The molecule has 0 heterocycles. The Balaban J connectivity index is 1.58. The van der Waals surface area contributed by atoms with Gasteiger partial charge in [0.1, 0.15) is 6.10 Å². The number of nitrogens with one attached hydrogen (secondary N) is 1. The molecule has 0 radical (unpaired) electrons. The van der Waals surface area contributed by atoms with Gasteiger partial charge >= 0.3 is 5.97 Å². The molecule has 0 unspecified atom stereocenters. The van der Waals surface area contributed by atoms with Crippen LogP contribution in [0.25, 0.3) is 0 Å². The van der Waals surface area contributed by atoms with Crippen LogP contribution >= 0.6 is 0 Å².